The summed E-state index contributed by atoms with van der Waals surface area (Å²) in [6, 6.07) is 15.3. The van der Waals surface area contributed by atoms with Gasteiger partial charge in [0.1, 0.15) is 0 Å². The number of carbonyl (C=O) groups is 1. The highest BCUT2D eigenvalue weighted by Crippen LogP contribution is 2.14. The van der Waals surface area contributed by atoms with Crippen LogP contribution >= 0.6 is 15.9 Å². The number of halogens is 1. The van der Waals surface area contributed by atoms with E-state index >= 15 is 0 Å². The minimum Gasteiger partial charge on any atom is -0.372 e. The van der Waals surface area contributed by atoms with Gasteiger partial charge >= 0.3 is 0 Å². The highest BCUT2D eigenvalue weighted by molar-refractivity contribution is 9.10. The lowest BCUT2D eigenvalue weighted by Gasteiger charge is -2.20. The van der Waals surface area contributed by atoms with Crippen LogP contribution in [-0.4, -0.2) is 25.2 Å². The Morgan fingerprint density at radius 3 is 2.48 bits per heavy atom. The van der Waals surface area contributed by atoms with Crippen LogP contribution in [-0.2, 0) is 0 Å². The molecule has 5 heteroatoms. The van der Waals surface area contributed by atoms with Crippen molar-refractivity contribution in [3.8, 4) is 0 Å². The number of carbonyl (C=O) groups excluding carboxylic acids is 1. The first-order chi connectivity index (χ1) is 11.1. The number of hydrazone groups is 1. The van der Waals surface area contributed by atoms with E-state index in [0.29, 0.717) is 5.56 Å². The molecule has 1 amide bonds. The Labute approximate surface area is 145 Å². The Balaban J connectivity index is 1.96. The molecule has 0 aromatic heterocycles. The zero-order valence-corrected chi connectivity index (χ0v) is 14.9. The normalized spacial score (nSPS) is 10.7. The third-order valence-corrected chi connectivity index (χ3v) is 3.98. The molecule has 23 heavy (non-hydrogen) atoms. The van der Waals surface area contributed by atoms with E-state index in [2.05, 4.69) is 57.3 Å². The summed E-state index contributed by atoms with van der Waals surface area (Å²) in [5.41, 5.74) is 5.22. The van der Waals surface area contributed by atoms with Gasteiger partial charge in [-0.1, -0.05) is 34.1 Å². The van der Waals surface area contributed by atoms with Crippen LogP contribution in [0.1, 0.15) is 29.8 Å². The van der Waals surface area contributed by atoms with Crippen LogP contribution in [0.4, 0.5) is 5.69 Å². The molecule has 0 aliphatic rings. The van der Waals surface area contributed by atoms with Crippen molar-refractivity contribution in [2.75, 3.05) is 18.0 Å². The molecule has 0 saturated carbocycles. The second kappa shape index (κ2) is 8.48. The van der Waals surface area contributed by atoms with Crippen LogP contribution in [0.25, 0.3) is 0 Å². The number of rotatable bonds is 6. The number of nitrogens with one attached hydrogen (secondary N) is 1. The van der Waals surface area contributed by atoms with Gasteiger partial charge < -0.3 is 4.90 Å². The van der Waals surface area contributed by atoms with Crippen molar-refractivity contribution in [3.63, 3.8) is 0 Å². The summed E-state index contributed by atoms with van der Waals surface area (Å²) in [5.74, 6) is -0.234. The predicted octanol–water partition coefficient (Wildman–Crippen LogP) is 4.06. The van der Waals surface area contributed by atoms with Crippen molar-refractivity contribution < 1.29 is 4.79 Å². The van der Waals surface area contributed by atoms with Crippen molar-refractivity contribution in [2.45, 2.75) is 13.8 Å². The quantitative estimate of drug-likeness (QED) is 0.612. The van der Waals surface area contributed by atoms with E-state index in [-0.39, 0.29) is 5.91 Å². The summed E-state index contributed by atoms with van der Waals surface area (Å²) in [5, 5.41) is 4.01. The molecule has 2 aromatic carbocycles. The first kappa shape index (κ1) is 17.2. The highest BCUT2D eigenvalue weighted by atomic mass is 79.9. The van der Waals surface area contributed by atoms with Gasteiger partial charge in [0, 0.05) is 28.8 Å². The minimum absolute atomic E-state index is 0.234. The summed E-state index contributed by atoms with van der Waals surface area (Å²) in [4.78, 5) is 14.2. The van der Waals surface area contributed by atoms with Gasteiger partial charge in [0.2, 0.25) is 0 Å². The number of hydrogen-bond donors (Lipinski definition) is 1. The molecule has 0 radical (unpaired) electrons. The van der Waals surface area contributed by atoms with E-state index in [4.69, 9.17) is 0 Å². The summed E-state index contributed by atoms with van der Waals surface area (Å²) in [6.45, 7) is 6.23. The Bertz CT molecular complexity index is 679. The molecule has 0 fully saturated rings. The Hall–Kier alpha value is -2.14. The number of nitrogens with zero attached hydrogens (tertiary/aromatic N) is 2. The van der Waals surface area contributed by atoms with Crippen LogP contribution in [0.3, 0.4) is 0 Å². The Kier molecular flexibility index (Phi) is 6.35. The van der Waals surface area contributed by atoms with Crippen LogP contribution in [0.15, 0.2) is 58.1 Å². The van der Waals surface area contributed by atoms with E-state index in [9.17, 15) is 4.79 Å². The molecule has 0 atom stereocenters. The number of amides is 1. The fourth-order valence-corrected chi connectivity index (χ4v) is 2.62. The van der Waals surface area contributed by atoms with Gasteiger partial charge in [-0.25, -0.2) is 5.43 Å². The zero-order valence-electron chi connectivity index (χ0n) is 13.3. The molecule has 0 aliphatic heterocycles. The van der Waals surface area contributed by atoms with Crippen LogP contribution in [0.2, 0.25) is 0 Å². The third-order valence-electron chi connectivity index (χ3n) is 3.49. The Morgan fingerprint density at radius 2 is 1.87 bits per heavy atom. The van der Waals surface area contributed by atoms with Crippen LogP contribution in [0.5, 0.6) is 0 Å². The van der Waals surface area contributed by atoms with Crippen LogP contribution in [0, 0.1) is 0 Å². The fourth-order valence-electron chi connectivity index (χ4n) is 2.22. The van der Waals surface area contributed by atoms with E-state index in [1.54, 1.807) is 18.3 Å². The standard InChI is InChI=1S/C18H20BrN3O/c1-3-22(4-2)17-10-8-14(9-11-17)13-20-21-18(23)15-6-5-7-16(19)12-15/h5-13H,3-4H2,1-2H3,(H,21,23)/b20-13-. The van der Waals surface area contributed by atoms with Gasteiger partial charge in [0.25, 0.3) is 5.91 Å². The van der Waals surface area contributed by atoms with Crippen molar-refractivity contribution in [2.24, 2.45) is 5.10 Å². The second-order valence-electron chi connectivity index (χ2n) is 4.97. The SMILES string of the molecule is CCN(CC)c1ccc(/C=N\NC(=O)c2cccc(Br)c2)cc1. The average Bonchev–Trinajstić information content (AvgIpc) is 2.57. The van der Waals surface area contributed by atoms with Gasteiger partial charge in [-0.15, -0.1) is 0 Å². The van der Waals surface area contributed by atoms with E-state index < -0.39 is 0 Å². The molecule has 0 unspecified atom stereocenters. The molecule has 1 N–H and O–H groups in total. The van der Waals surface area contributed by atoms with Gasteiger partial charge in [-0.05, 0) is 49.7 Å². The van der Waals surface area contributed by atoms with Crippen molar-refractivity contribution in [1.29, 1.82) is 0 Å². The third kappa shape index (κ3) is 4.93. The summed E-state index contributed by atoms with van der Waals surface area (Å²) >= 11 is 3.34. The molecule has 0 saturated heterocycles. The molecular formula is C18H20BrN3O. The fraction of sp³-hybridized carbons (Fsp3) is 0.222. The van der Waals surface area contributed by atoms with E-state index in [1.807, 2.05) is 24.3 Å². The maximum absolute atomic E-state index is 12.0. The monoisotopic (exact) mass is 373 g/mol. The molecular weight excluding hydrogens is 354 g/mol. The van der Waals surface area contributed by atoms with Crippen molar-refractivity contribution in [3.05, 3.63) is 64.1 Å². The number of anilines is 1. The highest BCUT2D eigenvalue weighted by Gasteiger charge is 2.04. The lowest BCUT2D eigenvalue weighted by molar-refractivity contribution is 0.0955. The molecule has 0 spiro atoms. The maximum atomic E-state index is 12.0. The first-order valence-corrected chi connectivity index (χ1v) is 8.37. The van der Waals surface area contributed by atoms with Crippen molar-refractivity contribution in [1.82, 2.24) is 5.43 Å². The van der Waals surface area contributed by atoms with E-state index in [0.717, 1.165) is 23.1 Å². The molecule has 2 aromatic rings. The average molecular weight is 374 g/mol. The van der Waals surface area contributed by atoms with Gasteiger partial charge in [0.15, 0.2) is 0 Å². The van der Waals surface area contributed by atoms with Gasteiger partial charge in [0.05, 0.1) is 6.21 Å². The Morgan fingerprint density at radius 1 is 1.17 bits per heavy atom. The topological polar surface area (TPSA) is 44.7 Å². The smallest absolute Gasteiger partial charge is 0.271 e. The van der Waals surface area contributed by atoms with Crippen LogP contribution < -0.4 is 10.3 Å². The van der Waals surface area contributed by atoms with Gasteiger partial charge in [-0.2, -0.15) is 5.10 Å². The molecule has 120 valence electrons. The molecule has 2 rings (SSSR count). The number of hydrogen-bond acceptors (Lipinski definition) is 3. The predicted molar refractivity (Wildman–Crippen MR) is 99.2 cm³/mol. The lowest BCUT2D eigenvalue weighted by atomic mass is 10.2. The summed E-state index contributed by atoms with van der Waals surface area (Å²) in [7, 11) is 0. The summed E-state index contributed by atoms with van der Waals surface area (Å²) < 4.78 is 0.862. The van der Waals surface area contributed by atoms with E-state index in [1.165, 1.54) is 5.69 Å². The molecule has 4 nitrogen and oxygen atoms in total. The maximum Gasteiger partial charge on any atom is 0.271 e. The molecule has 0 bridgehead atoms. The summed E-state index contributed by atoms with van der Waals surface area (Å²) in [6.07, 6.45) is 1.64. The molecule has 0 heterocycles. The largest absolute Gasteiger partial charge is 0.372 e. The zero-order chi connectivity index (χ0) is 16.7. The first-order valence-electron chi connectivity index (χ1n) is 7.58. The number of benzene rings is 2. The second-order valence-corrected chi connectivity index (χ2v) is 5.89. The van der Waals surface area contributed by atoms with Gasteiger partial charge in [-0.3, -0.25) is 4.79 Å². The molecule has 0 aliphatic carbocycles. The minimum atomic E-state index is -0.234. The lowest BCUT2D eigenvalue weighted by Crippen LogP contribution is -2.21. The van der Waals surface area contributed by atoms with Crippen molar-refractivity contribution >= 4 is 33.7 Å².